The van der Waals surface area contributed by atoms with Crippen molar-refractivity contribution in [3.63, 3.8) is 0 Å². The number of ether oxygens (including phenoxy) is 1. The predicted molar refractivity (Wildman–Crippen MR) is 281 cm³/mol. The smallest absolute Gasteiger partial charge is 0.335 e. The molecule has 3 rings (SSSR count). The van der Waals surface area contributed by atoms with E-state index in [0.717, 1.165) is 69.6 Å². The highest BCUT2D eigenvalue weighted by Gasteiger charge is 2.48. The number of aliphatic hydroxyl groups excluding tert-OH is 6. The largest absolute Gasteiger partial charge is 0.479 e. The molecule has 81 heavy (non-hydrogen) atoms. The number of hydrogen-bond acceptors (Lipinski definition) is 19. The zero-order valence-corrected chi connectivity index (χ0v) is 45.9. The lowest BCUT2D eigenvalue weighted by molar-refractivity contribution is -0.165. The second kappa shape index (κ2) is 33.8. The van der Waals surface area contributed by atoms with E-state index in [1.165, 1.54) is 6.92 Å². The number of carboxylic acid groups (broad SMARTS) is 2. The number of rotatable bonds is 22. The number of aliphatic imine (C=N–C) groups is 1. The monoisotopic (exact) mass is 1160 g/mol. The quantitative estimate of drug-likeness (QED) is 0.0208. The first kappa shape index (κ1) is 68.5. The van der Waals surface area contributed by atoms with Crippen molar-refractivity contribution in [2.24, 2.45) is 16.5 Å². The van der Waals surface area contributed by atoms with Gasteiger partial charge < -0.3 is 98.8 Å². The van der Waals surface area contributed by atoms with E-state index in [9.17, 15) is 93.6 Å². The molecule has 31 nitrogen and oxygen atoms in total. The summed E-state index contributed by atoms with van der Waals surface area (Å²) < 4.78 is 5.60. The molecule has 14 unspecified atom stereocenters. The molecule has 3 aliphatic heterocycles. The highest BCUT2D eigenvalue weighted by atomic mass is 16.5. The summed E-state index contributed by atoms with van der Waals surface area (Å²) in [6.07, 6.45) is -3.89. The van der Waals surface area contributed by atoms with Gasteiger partial charge in [0.25, 0.3) is 0 Å². The van der Waals surface area contributed by atoms with Crippen LogP contribution in [-0.2, 0) is 57.5 Å². The van der Waals surface area contributed by atoms with Gasteiger partial charge in [0, 0.05) is 19.6 Å². The first-order valence-electron chi connectivity index (χ1n) is 27.4. The average molecular weight is 1160 g/mol. The van der Waals surface area contributed by atoms with Crippen LogP contribution < -0.4 is 43.4 Å². The Hall–Kier alpha value is -6.80. The van der Waals surface area contributed by atoms with Crippen molar-refractivity contribution < 1.29 is 98.3 Å². The third-order valence-electron chi connectivity index (χ3n) is 14.1. The van der Waals surface area contributed by atoms with Gasteiger partial charge in [0.1, 0.15) is 48.4 Å². The fourth-order valence-corrected chi connectivity index (χ4v) is 9.62. The van der Waals surface area contributed by atoms with Crippen LogP contribution in [0.2, 0.25) is 0 Å². The molecule has 0 aromatic rings. The molecule has 458 valence electrons. The topological polar surface area (TPSA) is 502 Å². The van der Waals surface area contributed by atoms with Crippen LogP contribution in [0.3, 0.4) is 0 Å². The number of carbonyl (C=O) groups excluding carboxylic acids is 9. The number of unbranched alkanes of at least 4 members (excludes halogenated alkanes) is 10. The Morgan fingerprint density at radius 2 is 1.10 bits per heavy atom. The molecule has 3 heterocycles. The van der Waals surface area contributed by atoms with E-state index in [4.69, 9.17) is 16.2 Å². The summed E-state index contributed by atoms with van der Waals surface area (Å²) >= 11 is 0. The van der Waals surface area contributed by atoms with Crippen LogP contribution >= 0.6 is 0 Å². The maximum absolute atomic E-state index is 14.1. The van der Waals surface area contributed by atoms with Crippen molar-refractivity contribution in [3.8, 4) is 0 Å². The van der Waals surface area contributed by atoms with Crippen molar-refractivity contribution >= 4 is 71.1 Å². The molecule has 0 spiro atoms. The van der Waals surface area contributed by atoms with E-state index in [-0.39, 0.29) is 44.7 Å². The summed E-state index contributed by atoms with van der Waals surface area (Å²) in [5.41, 5.74) is 10.8. The summed E-state index contributed by atoms with van der Waals surface area (Å²) in [5, 5.41) is 97.3. The second-order valence-electron chi connectivity index (χ2n) is 20.6. The van der Waals surface area contributed by atoms with Crippen LogP contribution in [0.25, 0.3) is 0 Å². The standard InChI is InChI=1S/C50H83N11O20/c1-4-5-6-7-8-9-10-11-12-13-14-16-27-23-32(66)57-33(26(3)63)41(70)54-25(2)45(74)60-21-18-30(64)36(60)43(72)55-28(17-15-20-53-50(51)52)40(69)58-34(38(67)47(76)77)42(71)56-29(24-62)46(75)61-22-19-31(65)37(61)44(73)59-35(49(80)81-27)39(68)48(78)79/h25-31,33-39,62-65,67-68H,4-24H2,1-3H3,(H,54,70)(H,55,72)(H,56,71)(H,57,66)(H,58,69)(H,59,73)(H,76,77)(H,78,79)(H4,51,52,53). The molecule has 0 saturated carbocycles. The van der Waals surface area contributed by atoms with Gasteiger partial charge in [-0.1, -0.05) is 71.1 Å². The molecule has 14 atom stereocenters. The highest BCUT2D eigenvalue weighted by Crippen LogP contribution is 2.23. The lowest BCUT2D eigenvalue weighted by atomic mass is 10.0. The number of guanidine groups is 1. The zero-order chi connectivity index (χ0) is 60.7. The minimum atomic E-state index is -2.81. The number of aliphatic carboxylic acids is 2. The normalized spacial score (nSPS) is 28.3. The zero-order valence-electron chi connectivity index (χ0n) is 45.9. The molecule has 0 radical (unpaired) electrons. The van der Waals surface area contributed by atoms with Gasteiger partial charge in [-0.2, -0.15) is 0 Å². The maximum Gasteiger partial charge on any atom is 0.335 e. The Morgan fingerprint density at radius 3 is 1.62 bits per heavy atom. The predicted octanol–water partition coefficient (Wildman–Crippen LogP) is -5.83. The summed E-state index contributed by atoms with van der Waals surface area (Å²) in [6.45, 7) is 2.14. The van der Waals surface area contributed by atoms with Gasteiger partial charge >= 0.3 is 17.9 Å². The molecule has 3 saturated heterocycles. The molecule has 0 aromatic heterocycles. The Kier molecular flexibility index (Phi) is 28.6. The summed E-state index contributed by atoms with van der Waals surface area (Å²) in [5.74, 6) is -16.3. The van der Waals surface area contributed by atoms with Crippen molar-refractivity contribution in [1.82, 2.24) is 41.7 Å². The number of hydrogen-bond donors (Lipinski definition) is 16. The van der Waals surface area contributed by atoms with Crippen molar-refractivity contribution in [2.45, 2.75) is 215 Å². The minimum absolute atomic E-state index is 0.0713. The Morgan fingerprint density at radius 1 is 0.617 bits per heavy atom. The lowest BCUT2D eigenvalue weighted by Gasteiger charge is -2.32. The number of aliphatic hydroxyl groups is 6. The number of nitrogens with two attached hydrogens (primary N) is 2. The van der Waals surface area contributed by atoms with E-state index >= 15 is 0 Å². The van der Waals surface area contributed by atoms with Crippen LogP contribution in [-0.4, -0.2) is 233 Å². The van der Waals surface area contributed by atoms with Gasteiger partial charge in [-0.05, 0) is 52.4 Å². The Bertz CT molecular complexity index is 2220. The summed E-state index contributed by atoms with van der Waals surface area (Å²) in [4.78, 5) is 155. The van der Waals surface area contributed by atoms with Crippen LogP contribution in [0.1, 0.15) is 130 Å². The molecule has 0 aromatic carbocycles. The molecule has 0 bridgehead atoms. The van der Waals surface area contributed by atoms with Gasteiger partial charge in [-0.3, -0.25) is 43.3 Å². The fraction of sp³-hybridized carbons (Fsp3) is 0.760. The van der Waals surface area contributed by atoms with E-state index in [2.05, 4.69) is 27.9 Å². The van der Waals surface area contributed by atoms with E-state index in [0.29, 0.717) is 17.7 Å². The van der Waals surface area contributed by atoms with Crippen LogP contribution in [0, 0.1) is 0 Å². The van der Waals surface area contributed by atoms with Gasteiger partial charge in [0.05, 0.1) is 31.3 Å². The first-order valence-corrected chi connectivity index (χ1v) is 27.4. The molecule has 8 amide bonds. The molecule has 3 aliphatic rings. The molecule has 18 N–H and O–H groups in total. The number of esters is 1. The number of carboxylic acids is 2. The number of fused-ring (bicyclic) bond motifs is 2. The van der Waals surface area contributed by atoms with Crippen molar-refractivity contribution in [3.05, 3.63) is 0 Å². The van der Waals surface area contributed by atoms with Gasteiger partial charge in [-0.25, -0.2) is 14.4 Å². The minimum Gasteiger partial charge on any atom is -0.479 e. The van der Waals surface area contributed by atoms with Crippen LogP contribution in [0.5, 0.6) is 0 Å². The third kappa shape index (κ3) is 20.9. The molecule has 0 aliphatic carbocycles. The lowest BCUT2D eigenvalue weighted by Crippen LogP contribution is -2.64. The van der Waals surface area contributed by atoms with Gasteiger partial charge in [0.15, 0.2) is 24.2 Å². The third-order valence-corrected chi connectivity index (χ3v) is 14.1. The van der Waals surface area contributed by atoms with E-state index in [1.807, 2.05) is 16.0 Å². The Balaban J connectivity index is 2.12. The SMILES string of the molecule is CCCCCCCCCCCCCC1CC(=O)NC(C(C)O)C(=O)NC(C)C(=O)N2CCC(O)C2C(=O)NC(CCCN=C(N)N)C(=O)NC(C(O)C(=O)O)C(=O)NC(CO)C(=O)N2CCC(O)C2C(=O)NC(C(O)C(=O)O)C(=O)O1. The average Bonchev–Trinajstić information content (AvgIpc) is 4.02. The summed E-state index contributed by atoms with van der Waals surface area (Å²) in [6, 6.07) is -16.2. The number of nitrogens with zero attached hydrogens (tertiary/aromatic N) is 3. The number of cyclic esters (lactones) is 1. The number of carbonyl (C=O) groups is 11. The van der Waals surface area contributed by atoms with Crippen molar-refractivity contribution in [2.75, 3.05) is 26.2 Å². The molecular weight excluding hydrogens is 1070 g/mol. The summed E-state index contributed by atoms with van der Waals surface area (Å²) in [7, 11) is 0. The van der Waals surface area contributed by atoms with Crippen LogP contribution in [0.15, 0.2) is 4.99 Å². The van der Waals surface area contributed by atoms with E-state index < -0.39 is 176 Å². The van der Waals surface area contributed by atoms with Crippen LogP contribution in [0.4, 0.5) is 0 Å². The van der Waals surface area contributed by atoms with Gasteiger partial charge in [-0.15, -0.1) is 0 Å². The Labute approximate surface area is 467 Å². The molecule has 31 heteroatoms. The first-order chi connectivity index (χ1) is 38.2. The van der Waals surface area contributed by atoms with Gasteiger partial charge in [0.2, 0.25) is 47.3 Å². The molecule has 3 fully saturated rings. The van der Waals surface area contributed by atoms with Crippen molar-refractivity contribution in [1.29, 1.82) is 0 Å². The van der Waals surface area contributed by atoms with E-state index in [1.54, 1.807) is 0 Å². The fourth-order valence-electron chi connectivity index (χ4n) is 9.62. The maximum atomic E-state index is 14.1. The second-order valence-corrected chi connectivity index (χ2v) is 20.6. The highest BCUT2D eigenvalue weighted by molar-refractivity contribution is 6.00. The molecular formula is C50H83N11O20. The number of nitrogens with one attached hydrogen (secondary N) is 6. The number of amides is 8.